The van der Waals surface area contributed by atoms with E-state index in [-0.39, 0.29) is 6.54 Å². The summed E-state index contributed by atoms with van der Waals surface area (Å²) in [6.45, 7) is 0.267. The third kappa shape index (κ3) is 2.63. The number of fused-ring (bicyclic) bond motifs is 1. The number of carbonyl (C=O) groups is 2. The first-order valence-electron chi connectivity index (χ1n) is 5.10. The van der Waals surface area contributed by atoms with Crippen molar-refractivity contribution in [2.24, 2.45) is 0 Å². The zero-order valence-corrected chi connectivity index (χ0v) is 8.97. The topological polar surface area (TPSA) is 79.5 Å². The lowest BCUT2D eigenvalue weighted by atomic mass is 10.2. The minimum atomic E-state index is -1.14. The molecule has 0 fully saturated rings. The van der Waals surface area contributed by atoms with Gasteiger partial charge in [0.25, 0.3) is 0 Å². The zero-order valence-electron chi connectivity index (χ0n) is 8.97. The summed E-state index contributed by atoms with van der Waals surface area (Å²) < 4.78 is 5.29. The molecule has 0 unspecified atom stereocenters. The highest BCUT2D eigenvalue weighted by molar-refractivity contribution is 5.93. The van der Waals surface area contributed by atoms with Gasteiger partial charge in [0.05, 0.1) is 6.26 Å². The van der Waals surface area contributed by atoms with Crippen LogP contribution in [-0.2, 0) is 16.1 Å². The Labute approximate surface area is 97.0 Å². The molecule has 0 atom stereocenters. The maximum absolute atomic E-state index is 11.2. The number of benzene rings is 1. The molecule has 0 spiro atoms. The number of carboxylic acid groups (broad SMARTS) is 1. The van der Waals surface area contributed by atoms with Crippen LogP contribution < -0.4 is 5.32 Å². The standard InChI is InChI=1S/C12H11NO4/c14-11(5-12(15)16)13-6-8-7-17-10-4-2-1-3-9(8)10/h1-4,7H,5-6H2,(H,13,14)(H,15,16). The lowest BCUT2D eigenvalue weighted by Gasteiger charge is -2.01. The van der Waals surface area contributed by atoms with Gasteiger partial charge in [0.1, 0.15) is 12.0 Å². The molecule has 2 aromatic rings. The Morgan fingerprint density at radius 2 is 2.06 bits per heavy atom. The van der Waals surface area contributed by atoms with Crippen LogP contribution in [0.25, 0.3) is 11.0 Å². The number of nitrogens with one attached hydrogen (secondary N) is 1. The fourth-order valence-electron chi connectivity index (χ4n) is 1.56. The molecule has 0 bridgehead atoms. The molecule has 2 N–H and O–H groups in total. The first kappa shape index (κ1) is 11.2. The summed E-state index contributed by atoms with van der Waals surface area (Å²) in [5.41, 5.74) is 1.58. The van der Waals surface area contributed by atoms with Crippen LogP contribution in [0.2, 0.25) is 0 Å². The van der Waals surface area contributed by atoms with Crippen LogP contribution in [0, 0.1) is 0 Å². The molecule has 2 rings (SSSR count). The van der Waals surface area contributed by atoms with Crippen molar-refractivity contribution >= 4 is 22.8 Å². The van der Waals surface area contributed by atoms with E-state index in [0.29, 0.717) is 0 Å². The second-order valence-electron chi connectivity index (χ2n) is 3.60. The molecule has 1 aromatic heterocycles. The Balaban J connectivity index is 2.04. The molecule has 1 aromatic carbocycles. The molecule has 0 saturated heterocycles. The fourth-order valence-corrected chi connectivity index (χ4v) is 1.56. The van der Waals surface area contributed by atoms with Crippen molar-refractivity contribution < 1.29 is 19.1 Å². The molecule has 0 aliphatic heterocycles. The average molecular weight is 233 g/mol. The summed E-state index contributed by atoms with van der Waals surface area (Å²) in [5.74, 6) is -1.65. The number of hydrogen-bond donors (Lipinski definition) is 2. The van der Waals surface area contributed by atoms with Crippen LogP contribution in [0.15, 0.2) is 34.9 Å². The van der Waals surface area contributed by atoms with Crippen LogP contribution >= 0.6 is 0 Å². The molecular formula is C12H11NO4. The first-order valence-corrected chi connectivity index (χ1v) is 5.10. The largest absolute Gasteiger partial charge is 0.481 e. The Morgan fingerprint density at radius 1 is 1.29 bits per heavy atom. The third-order valence-electron chi connectivity index (χ3n) is 2.35. The molecule has 0 aliphatic rings. The first-order chi connectivity index (χ1) is 8.16. The number of para-hydroxylation sites is 1. The molecular weight excluding hydrogens is 222 g/mol. The summed E-state index contributed by atoms with van der Waals surface area (Å²) in [6.07, 6.45) is 1.04. The smallest absolute Gasteiger partial charge is 0.312 e. The summed E-state index contributed by atoms with van der Waals surface area (Å²) >= 11 is 0. The van der Waals surface area contributed by atoms with E-state index in [2.05, 4.69) is 5.32 Å². The molecule has 1 heterocycles. The fraction of sp³-hybridized carbons (Fsp3) is 0.167. The van der Waals surface area contributed by atoms with Crippen molar-refractivity contribution in [3.8, 4) is 0 Å². The van der Waals surface area contributed by atoms with E-state index in [1.807, 2.05) is 24.3 Å². The Hall–Kier alpha value is -2.30. The van der Waals surface area contributed by atoms with Gasteiger partial charge in [-0.15, -0.1) is 0 Å². The molecule has 0 saturated carbocycles. The number of aliphatic carboxylic acids is 1. The van der Waals surface area contributed by atoms with Gasteiger partial charge in [0.2, 0.25) is 5.91 Å². The van der Waals surface area contributed by atoms with Crippen molar-refractivity contribution in [2.45, 2.75) is 13.0 Å². The van der Waals surface area contributed by atoms with Gasteiger partial charge in [-0.2, -0.15) is 0 Å². The molecule has 5 heteroatoms. The maximum Gasteiger partial charge on any atom is 0.312 e. The van der Waals surface area contributed by atoms with Crippen LogP contribution in [0.1, 0.15) is 12.0 Å². The monoisotopic (exact) mass is 233 g/mol. The van der Waals surface area contributed by atoms with Crippen LogP contribution in [0.5, 0.6) is 0 Å². The van der Waals surface area contributed by atoms with Crippen molar-refractivity contribution in [2.75, 3.05) is 0 Å². The number of carboxylic acids is 1. The van der Waals surface area contributed by atoms with Gasteiger partial charge >= 0.3 is 5.97 Å². The number of rotatable bonds is 4. The minimum Gasteiger partial charge on any atom is -0.481 e. The van der Waals surface area contributed by atoms with Crippen molar-refractivity contribution in [1.29, 1.82) is 0 Å². The van der Waals surface area contributed by atoms with E-state index in [0.717, 1.165) is 16.5 Å². The minimum absolute atomic E-state index is 0.267. The van der Waals surface area contributed by atoms with E-state index < -0.39 is 18.3 Å². The van der Waals surface area contributed by atoms with Gasteiger partial charge in [-0.1, -0.05) is 18.2 Å². The van der Waals surface area contributed by atoms with Gasteiger partial charge in [-0.25, -0.2) is 0 Å². The second-order valence-corrected chi connectivity index (χ2v) is 3.60. The van der Waals surface area contributed by atoms with Crippen LogP contribution in [0.3, 0.4) is 0 Å². The summed E-state index contributed by atoms with van der Waals surface area (Å²) in [5, 5.41) is 11.9. The molecule has 5 nitrogen and oxygen atoms in total. The summed E-state index contributed by atoms with van der Waals surface area (Å²) in [4.78, 5) is 21.5. The van der Waals surface area contributed by atoms with Crippen LogP contribution in [0.4, 0.5) is 0 Å². The summed E-state index contributed by atoms with van der Waals surface area (Å²) in [7, 11) is 0. The van der Waals surface area contributed by atoms with Gasteiger partial charge < -0.3 is 14.8 Å². The Morgan fingerprint density at radius 3 is 2.82 bits per heavy atom. The van der Waals surface area contributed by atoms with Crippen molar-refractivity contribution in [1.82, 2.24) is 5.32 Å². The third-order valence-corrected chi connectivity index (χ3v) is 2.35. The van der Waals surface area contributed by atoms with Gasteiger partial charge in [-0.05, 0) is 6.07 Å². The predicted molar refractivity (Wildman–Crippen MR) is 60.3 cm³/mol. The van der Waals surface area contributed by atoms with E-state index >= 15 is 0 Å². The van der Waals surface area contributed by atoms with E-state index in [4.69, 9.17) is 9.52 Å². The molecule has 0 radical (unpaired) electrons. The lowest BCUT2D eigenvalue weighted by Crippen LogP contribution is -2.24. The molecule has 1 amide bonds. The van der Waals surface area contributed by atoms with Crippen molar-refractivity contribution in [3.05, 3.63) is 36.1 Å². The summed E-state index contributed by atoms with van der Waals surface area (Å²) in [6, 6.07) is 7.45. The Kier molecular flexibility index (Phi) is 3.09. The van der Waals surface area contributed by atoms with Crippen LogP contribution in [-0.4, -0.2) is 17.0 Å². The number of amides is 1. The number of furan rings is 1. The quantitative estimate of drug-likeness (QED) is 0.785. The normalized spacial score (nSPS) is 10.4. The second kappa shape index (κ2) is 4.69. The maximum atomic E-state index is 11.2. The lowest BCUT2D eigenvalue weighted by molar-refractivity contribution is -0.140. The number of hydrogen-bond acceptors (Lipinski definition) is 3. The van der Waals surface area contributed by atoms with E-state index in [1.165, 1.54) is 0 Å². The van der Waals surface area contributed by atoms with E-state index in [9.17, 15) is 9.59 Å². The SMILES string of the molecule is O=C(O)CC(=O)NCc1coc2ccccc12. The average Bonchev–Trinajstić information content (AvgIpc) is 2.69. The highest BCUT2D eigenvalue weighted by Crippen LogP contribution is 2.20. The predicted octanol–water partition coefficient (Wildman–Crippen LogP) is 1.52. The molecule has 0 aliphatic carbocycles. The number of carbonyl (C=O) groups excluding carboxylic acids is 1. The highest BCUT2D eigenvalue weighted by Gasteiger charge is 2.09. The Bertz CT molecular complexity index is 558. The van der Waals surface area contributed by atoms with Gasteiger partial charge in [-0.3, -0.25) is 9.59 Å². The zero-order chi connectivity index (χ0) is 12.3. The highest BCUT2D eigenvalue weighted by atomic mass is 16.4. The van der Waals surface area contributed by atoms with Gasteiger partial charge in [0.15, 0.2) is 0 Å². The molecule has 17 heavy (non-hydrogen) atoms. The molecule has 88 valence electrons. The van der Waals surface area contributed by atoms with E-state index in [1.54, 1.807) is 6.26 Å². The van der Waals surface area contributed by atoms with Gasteiger partial charge in [0, 0.05) is 17.5 Å². The van der Waals surface area contributed by atoms with Crippen molar-refractivity contribution in [3.63, 3.8) is 0 Å².